The van der Waals surface area contributed by atoms with Gasteiger partial charge in [-0.05, 0) is 42.7 Å². The lowest BCUT2D eigenvalue weighted by Gasteiger charge is -2.09. The normalized spacial score (nSPS) is 10.5. The molecule has 2 heteroatoms. The van der Waals surface area contributed by atoms with Gasteiger partial charge >= 0.3 is 0 Å². The van der Waals surface area contributed by atoms with E-state index in [0.717, 1.165) is 11.5 Å². The lowest BCUT2D eigenvalue weighted by atomic mass is 10.0. The number of hydrogen-bond acceptors (Lipinski definition) is 2. The quantitative estimate of drug-likeness (QED) is 0.442. The van der Waals surface area contributed by atoms with Gasteiger partial charge in [-0.3, -0.25) is 0 Å². The van der Waals surface area contributed by atoms with Crippen LogP contribution >= 0.6 is 0 Å². The smallest absolute Gasteiger partial charge is 0.122 e. The van der Waals surface area contributed by atoms with Crippen molar-refractivity contribution in [2.45, 2.75) is 51.9 Å². The number of ether oxygens (including phenoxy) is 2. The first-order valence-electron chi connectivity index (χ1n) is 9.28. The Kier molecular flexibility index (Phi) is 8.85. The number of para-hydroxylation sites is 1. The van der Waals surface area contributed by atoms with E-state index in [2.05, 4.69) is 31.2 Å². The molecule has 0 heterocycles. The average Bonchev–Trinajstić information content (AvgIpc) is 2.64. The van der Waals surface area contributed by atoms with Gasteiger partial charge in [-0.15, -0.1) is 0 Å². The molecule has 24 heavy (non-hydrogen) atoms. The Balaban J connectivity index is 1.58. The first-order chi connectivity index (χ1) is 11.9. The minimum atomic E-state index is 0.559. The van der Waals surface area contributed by atoms with Crippen molar-refractivity contribution in [3.05, 3.63) is 60.2 Å². The maximum atomic E-state index is 5.73. The summed E-state index contributed by atoms with van der Waals surface area (Å²) in [5.74, 6) is 1.80. The fourth-order valence-electron chi connectivity index (χ4n) is 2.70. The van der Waals surface area contributed by atoms with Gasteiger partial charge in [-0.1, -0.05) is 69.4 Å². The molecule has 0 saturated carbocycles. The molecule has 0 amide bonds. The van der Waals surface area contributed by atoms with Gasteiger partial charge in [0, 0.05) is 0 Å². The summed E-state index contributed by atoms with van der Waals surface area (Å²) in [6.07, 6.45) is 9.25. The Morgan fingerprint density at radius 1 is 0.625 bits per heavy atom. The van der Waals surface area contributed by atoms with Crippen molar-refractivity contribution in [2.24, 2.45) is 0 Å². The van der Waals surface area contributed by atoms with Crippen molar-refractivity contribution < 1.29 is 9.47 Å². The highest BCUT2D eigenvalue weighted by molar-refractivity contribution is 5.27. The van der Waals surface area contributed by atoms with Crippen LogP contribution in [0.5, 0.6) is 11.5 Å². The second kappa shape index (κ2) is 11.6. The van der Waals surface area contributed by atoms with E-state index in [1.54, 1.807) is 0 Å². The Labute approximate surface area is 146 Å². The van der Waals surface area contributed by atoms with Gasteiger partial charge in [0.05, 0.1) is 0 Å². The highest BCUT2D eigenvalue weighted by atomic mass is 16.5. The summed E-state index contributed by atoms with van der Waals surface area (Å²) < 4.78 is 11.3. The summed E-state index contributed by atoms with van der Waals surface area (Å²) in [4.78, 5) is 0. The molecule has 0 fully saturated rings. The summed E-state index contributed by atoms with van der Waals surface area (Å²) in [6.45, 7) is 3.38. The lowest BCUT2D eigenvalue weighted by Crippen LogP contribution is -2.08. The van der Waals surface area contributed by atoms with E-state index < -0.39 is 0 Å². The van der Waals surface area contributed by atoms with Crippen molar-refractivity contribution in [1.29, 1.82) is 0 Å². The number of hydrogen-bond donors (Lipinski definition) is 0. The molecule has 0 bridgehead atoms. The zero-order valence-corrected chi connectivity index (χ0v) is 14.9. The maximum Gasteiger partial charge on any atom is 0.122 e. The first-order valence-corrected chi connectivity index (χ1v) is 9.28. The third-order valence-electron chi connectivity index (χ3n) is 4.11. The van der Waals surface area contributed by atoms with E-state index in [-0.39, 0.29) is 0 Å². The first kappa shape index (κ1) is 18.4. The van der Waals surface area contributed by atoms with Crippen LogP contribution in [-0.4, -0.2) is 13.2 Å². The summed E-state index contributed by atoms with van der Waals surface area (Å²) in [7, 11) is 0. The summed E-state index contributed by atoms with van der Waals surface area (Å²) >= 11 is 0. The van der Waals surface area contributed by atoms with Gasteiger partial charge in [0.25, 0.3) is 0 Å². The molecule has 0 radical (unpaired) electrons. The molecular weight excluding hydrogens is 296 g/mol. The summed E-state index contributed by atoms with van der Waals surface area (Å²) in [5, 5.41) is 0. The van der Waals surface area contributed by atoms with Gasteiger partial charge in [-0.2, -0.15) is 0 Å². The van der Waals surface area contributed by atoms with Crippen LogP contribution in [0, 0.1) is 0 Å². The Bertz CT molecular complexity index is 534. The minimum absolute atomic E-state index is 0.559. The molecule has 2 nitrogen and oxygen atoms in total. The molecule has 2 aromatic carbocycles. The molecule has 0 aliphatic rings. The maximum absolute atomic E-state index is 5.73. The molecule has 0 spiro atoms. The zero-order valence-electron chi connectivity index (χ0n) is 14.9. The van der Waals surface area contributed by atoms with Crippen LogP contribution < -0.4 is 9.47 Å². The molecular formula is C22H30O2. The third kappa shape index (κ3) is 7.54. The second-order valence-electron chi connectivity index (χ2n) is 6.17. The van der Waals surface area contributed by atoms with Crippen molar-refractivity contribution in [2.75, 3.05) is 13.2 Å². The van der Waals surface area contributed by atoms with Crippen LogP contribution in [0.2, 0.25) is 0 Å². The number of aryl methyl sites for hydroxylation is 1. The fraction of sp³-hybridized carbons (Fsp3) is 0.455. The van der Waals surface area contributed by atoms with Crippen LogP contribution in [0.15, 0.2) is 54.6 Å². The van der Waals surface area contributed by atoms with E-state index in [1.165, 1.54) is 50.5 Å². The molecule has 0 aliphatic carbocycles. The van der Waals surface area contributed by atoms with Crippen LogP contribution in [0.3, 0.4) is 0 Å². The SMILES string of the molecule is CCCCCCCCc1ccc(OCCOc2ccccc2)cc1. The predicted octanol–water partition coefficient (Wildman–Crippen LogP) is 6.05. The van der Waals surface area contributed by atoms with Gasteiger partial charge in [0.15, 0.2) is 0 Å². The van der Waals surface area contributed by atoms with Gasteiger partial charge in [-0.25, -0.2) is 0 Å². The van der Waals surface area contributed by atoms with Gasteiger partial charge < -0.3 is 9.47 Å². The molecule has 0 atom stereocenters. The molecule has 130 valence electrons. The zero-order chi connectivity index (χ0) is 16.9. The molecule has 2 rings (SSSR count). The lowest BCUT2D eigenvalue weighted by molar-refractivity contribution is 0.217. The minimum Gasteiger partial charge on any atom is -0.490 e. The Morgan fingerprint density at radius 3 is 1.88 bits per heavy atom. The van der Waals surface area contributed by atoms with Crippen molar-refractivity contribution >= 4 is 0 Å². The van der Waals surface area contributed by atoms with Gasteiger partial charge in [0.1, 0.15) is 24.7 Å². The van der Waals surface area contributed by atoms with Crippen LogP contribution in [0.25, 0.3) is 0 Å². The van der Waals surface area contributed by atoms with E-state index in [4.69, 9.17) is 9.47 Å². The largest absolute Gasteiger partial charge is 0.490 e. The Morgan fingerprint density at radius 2 is 1.21 bits per heavy atom. The number of rotatable bonds is 12. The molecule has 0 aliphatic heterocycles. The van der Waals surface area contributed by atoms with Crippen molar-refractivity contribution in [1.82, 2.24) is 0 Å². The van der Waals surface area contributed by atoms with Crippen molar-refractivity contribution in [3.63, 3.8) is 0 Å². The standard InChI is InChI=1S/C22H30O2/c1-2-3-4-5-6-8-11-20-14-16-22(17-15-20)24-19-18-23-21-12-9-7-10-13-21/h7,9-10,12-17H,2-6,8,11,18-19H2,1H3. The molecule has 0 aromatic heterocycles. The molecule has 2 aromatic rings. The van der Waals surface area contributed by atoms with Crippen LogP contribution in [0.1, 0.15) is 51.0 Å². The second-order valence-corrected chi connectivity index (χ2v) is 6.17. The van der Waals surface area contributed by atoms with Crippen molar-refractivity contribution in [3.8, 4) is 11.5 Å². The monoisotopic (exact) mass is 326 g/mol. The van der Waals surface area contributed by atoms with E-state index in [1.807, 2.05) is 30.3 Å². The number of benzene rings is 2. The fourth-order valence-corrected chi connectivity index (χ4v) is 2.70. The number of unbranched alkanes of at least 4 members (excludes halogenated alkanes) is 5. The van der Waals surface area contributed by atoms with E-state index in [9.17, 15) is 0 Å². The highest BCUT2D eigenvalue weighted by Crippen LogP contribution is 2.15. The molecule has 0 unspecified atom stereocenters. The third-order valence-corrected chi connectivity index (χ3v) is 4.11. The van der Waals surface area contributed by atoms with E-state index in [0.29, 0.717) is 13.2 Å². The van der Waals surface area contributed by atoms with Crippen LogP contribution in [-0.2, 0) is 6.42 Å². The summed E-state index contributed by atoms with van der Waals surface area (Å²) in [5.41, 5.74) is 1.40. The highest BCUT2D eigenvalue weighted by Gasteiger charge is 1.98. The van der Waals surface area contributed by atoms with Crippen LogP contribution in [0.4, 0.5) is 0 Å². The molecule has 0 N–H and O–H groups in total. The average molecular weight is 326 g/mol. The molecule has 0 saturated heterocycles. The van der Waals surface area contributed by atoms with Gasteiger partial charge in [0.2, 0.25) is 0 Å². The summed E-state index contributed by atoms with van der Waals surface area (Å²) in [6, 6.07) is 18.3. The predicted molar refractivity (Wildman–Crippen MR) is 101 cm³/mol. The Hall–Kier alpha value is -1.96. The van der Waals surface area contributed by atoms with E-state index >= 15 is 0 Å². The topological polar surface area (TPSA) is 18.5 Å².